The van der Waals surface area contributed by atoms with E-state index in [4.69, 9.17) is 0 Å². The Labute approximate surface area is 176 Å². The molecule has 0 unspecified atom stereocenters. The van der Waals surface area contributed by atoms with Crippen LogP contribution < -0.4 is 9.80 Å². The number of phenolic OH excluding ortho intramolecular Hbond substituents is 1. The van der Waals surface area contributed by atoms with Crippen molar-refractivity contribution in [1.82, 2.24) is 4.31 Å². The van der Waals surface area contributed by atoms with E-state index in [-0.39, 0.29) is 16.3 Å². The zero-order valence-corrected chi connectivity index (χ0v) is 17.9. The third-order valence-electron chi connectivity index (χ3n) is 5.32. The summed E-state index contributed by atoms with van der Waals surface area (Å²) >= 11 is 0. The summed E-state index contributed by atoms with van der Waals surface area (Å²) in [5.41, 5.74) is 1.19. The van der Waals surface area contributed by atoms with Crippen LogP contribution in [-0.4, -0.2) is 62.0 Å². The molecule has 2 aromatic rings. The maximum atomic E-state index is 12.7. The van der Waals surface area contributed by atoms with E-state index in [1.54, 1.807) is 26.0 Å². The first kappa shape index (κ1) is 21.8. The number of phenols is 1. The van der Waals surface area contributed by atoms with Crippen molar-refractivity contribution in [3.05, 3.63) is 52.6 Å². The summed E-state index contributed by atoms with van der Waals surface area (Å²) in [5, 5.41) is 21.1. The smallest absolute Gasteiger partial charge is 0.293 e. The van der Waals surface area contributed by atoms with Crippen LogP contribution in [0.1, 0.15) is 13.8 Å². The van der Waals surface area contributed by atoms with Crippen LogP contribution in [0, 0.1) is 10.1 Å². The number of hydrogen-bond donors (Lipinski definition) is 1. The Morgan fingerprint density at radius 1 is 1.00 bits per heavy atom. The standard InChI is InChI=1S/C20H26N4O5S/c1-3-23(4-2)30(28,29)18-9-10-19(20(15-18)24(26)27)22-13-11-21(12-14-22)16-5-7-17(25)8-6-16/h5-10,15,25H,3-4,11-14H2,1-2H3. The molecule has 10 heteroatoms. The van der Waals surface area contributed by atoms with Gasteiger partial charge in [0.15, 0.2) is 0 Å². The number of anilines is 2. The average Bonchev–Trinajstić information content (AvgIpc) is 2.74. The van der Waals surface area contributed by atoms with E-state index < -0.39 is 14.9 Å². The van der Waals surface area contributed by atoms with Gasteiger partial charge in [-0.25, -0.2) is 8.42 Å². The fourth-order valence-electron chi connectivity index (χ4n) is 3.66. The molecule has 162 valence electrons. The van der Waals surface area contributed by atoms with Crippen molar-refractivity contribution in [2.45, 2.75) is 18.7 Å². The number of rotatable bonds is 7. The maximum Gasteiger partial charge on any atom is 0.293 e. The molecule has 1 aliphatic heterocycles. The molecule has 2 aromatic carbocycles. The minimum absolute atomic E-state index is 0.0654. The fourth-order valence-corrected chi connectivity index (χ4v) is 5.14. The molecule has 0 spiro atoms. The minimum Gasteiger partial charge on any atom is -0.508 e. The largest absolute Gasteiger partial charge is 0.508 e. The molecule has 1 saturated heterocycles. The summed E-state index contributed by atoms with van der Waals surface area (Å²) < 4.78 is 26.8. The summed E-state index contributed by atoms with van der Waals surface area (Å²) in [5.74, 6) is 0.202. The number of benzene rings is 2. The molecule has 0 radical (unpaired) electrons. The molecule has 9 nitrogen and oxygen atoms in total. The van der Waals surface area contributed by atoms with Crippen LogP contribution >= 0.6 is 0 Å². The van der Waals surface area contributed by atoms with Crippen LogP contribution in [0.2, 0.25) is 0 Å². The molecule has 30 heavy (non-hydrogen) atoms. The van der Waals surface area contributed by atoms with Gasteiger partial charge in [0.2, 0.25) is 10.0 Å². The van der Waals surface area contributed by atoms with Gasteiger partial charge in [-0.05, 0) is 36.4 Å². The molecule has 1 N–H and O–H groups in total. The molecule has 0 aromatic heterocycles. The molecular formula is C20H26N4O5S. The summed E-state index contributed by atoms with van der Waals surface area (Å²) in [4.78, 5) is 15.2. The Kier molecular flexibility index (Phi) is 6.47. The van der Waals surface area contributed by atoms with E-state index >= 15 is 0 Å². The number of sulfonamides is 1. The molecule has 1 aliphatic rings. The van der Waals surface area contributed by atoms with E-state index in [0.717, 1.165) is 11.8 Å². The van der Waals surface area contributed by atoms with Crippen molar-refractivity contribution >= 4 is 27.1 Å². The van der Waals surface area contributed by atoms with E-state index in [0.29, 0.717) is 45.0 Å². The minimum atomic E-state index is -3.77. The lowest BCUT2D eigenvalue weighted by atomic mass is 10.2. The first-order valence-electron chi connectivity index (χ1n) is 9.85. The zero-order chi connectivity index (χ0) is 21.9. The Hall–Kier alpha value is -2.85. The van der Waals surface area contributed by atoms with Crippen molar-refractivity contribution in [1.29, 1.82) is 0 Å². The summed E-state index contributed by atoms with van der Waals surface area (Å²) in [6.07, 6.45) is 0. The summed E-state index contributed by atoms with van der Waals surface area (Å²) in [7, 11) is -3.77. The molecule has 3 rings (SSSR count). The average molecular weight is 435 g/mol. The van der Waals surface area contributed by atoms with Crippen molar-refractivity contribution in [3.63, 3.8) is 0 Å². The predicted octanol–water partition coefficient (Wildman–Crippen LogP) is 2.66. The van der Waals surface area contributed by atoms with Crippen LogP contribution in [0.4, 0.5) is 17.1 Å². The van der Waals surface area contributed by atoms with Crippen LogP contribution in [0.5, 0.6) is 5.75 Å². The molecule has 0 atom stereocenters. The van der Waals surface area contributed by atoms with Gasteiger partial charge in [-0.3, -0.25) is 10.1 Å². The molecule has 0 amide bonds. The van der Waals surface area contributed by atoms with Gasteiger partial charge in [0.25, 0.3) is 5.69 Å². The van der Waals surface area contributed by atoms with Crippen LogP contribution in [-0.2, 0) is 10.0 Å². The van der Waals surface area contributed by atoms with Gasteiger partial charge >= 0.3 is 0 Å². The first-order valence-corrected chi connectivity index (χ1v) is 11.3. The highest BCUT2D eigenvalue weighted by molar-refractivity contribution is 7.89. The Balaban J connectivity index is 1.83. The predicted molar refractivity (Wildman–Crippen MR) is 116 cm³/mol. The van der Waals surface area contributed by atoms with Gasteiger partial charge in [0.1, 0.15) is 11.4 Å². The van der Waals surface area contributed by atoms with Crippen LogP contribution in [0.3, 0.4) is 0 Å². The lowest BCUT2D eigenvalue weighted by Gasteiger charge is -2.37. The molecule has 0 aliphatic carbocycles. The maximum absolute atomic E-state index is 12.7. The monoisotopic (exact) mass is 434 g/mol. The second-order valence-electron chi connectivity index (χ2n) is 6.99. The lowest BCUT2D eigenvalue weighted by molar-refractivity contribution is -0.384. The number of nitrogens with zero attached hydrogens (tertiary/aromatic N) is 4. The van der Waals surface area contributed by atoms with Gasteiger partial charge in [-0.1, -0.05) is 13.8 Å². The SMILES string of the molecule is CCN(CC)S(=O)(=O)c1ccc(N2CCN(c3ccc(O)cc3)CC2)c([N+](=O)[O-])c1. The van der Waals surface area contributed by atoms with Gasteiger partial charge in [0.05, 0.1) is 9.82 Å². The quantitative estimate of drug-likeness (QED) is 0.527. The van der Waals surface area contributed by atoms with Crippen molar-refractivity contribution in [2.75, 3.05) is 49.1 Å². The van der Waals surface area contributed by atoms with Crippen LogP contribution in [0.25, 0.3) is 0 Å². The van der Waals surface area contributed by atoms with Crippen molar-refractivity contribution < 1.29 is 18.4 Å². The van der Waals surface area contributed by atoms with Crippen molar-refractivity contribution in [3.8, 4) is 5.75 Å². The lowest BCUT2D eigenvalue weighted by Crippen LogP contribution is -2.46. The second kappa shape index (κ2) is 8.88. The Morgan fingerprint density at radius 3 is 2.10 bits per heavy atom. The highest BCUT2D eigenvalue weighted by atomic mass is 32.2. The van der Waals surface area contributed by atoms with Gasteiger partial charge < -0.3 is 14.9 Å². The molecule has 1 fully saturated rings. The normalized spacial score (nSPS) is 14.9. The summed E-state index contributed by atoms with van der Waals surface area (Å²) in [6, 6.07) is 11.1. The van der Waals surface area contributed by atoms with E-state index in [1.165, 1.54) is 16.4 Å². The number of nitro groups is 1. The molecular weight excluding hydrogens is 408 g/mol. The highest BCUT2D eigenvalue weighted by Gasteiger charge is 2.28. The summed E-state index contributed by atoms with van der Waals surface area (Å²) in [6.45, 7) is 6.49. The van der Waals surface area contributed by atoms with Crippen molar-refractivity contribution in [2.24, 2.45) is 0 Å². The first-order chi connectivity index (χ1) is 14.3. The fraction of sp³-hybridized carbons (Fsp3) is 0.400. The van der Waals surface area contributed by atoms with E-state index in [1.807, 2.05) is 17.0 Å². The van der Waals surface area contributed by atoms with E-state index in [9.17, 15) is 23.6 Å². The molecule has 0 bridgehead atoms. The van der Waals surface area contributed by atoms with Gasteiger partial charge in [-0.15, -0.1) is 0 Å². The van der Waals surface area contributed by atoms with Crippen LogP contribution in [0.15, 0.2) is 47.4 Å². The number of aromatic hydroxyl groups is 1. The Morgan fingerprint density at radius 2 is 1.57 bits per heavy atom. The molecule has 0 saturated carbocycles. The second-order valence-corrected chi connectivity index (χ2v) is 8.93. The number of nitro benzene ring substituents is 1. The third kappa shape index (κ3) is 4.34. The van der Waals surface area contributed by atoms with E-state index in [2.05, 4.69) is 4.90 Å². The van der Waals surface area contributed by atoms with Gasteiger partial charge in [-0.2, -0.15) is 4.31 Å². The van der Waals surface area contributed by atoms with Gasteiger partial charge in [0, 0.05) is 51.0 Å². The number of hydrogen-bond acceptors (Lipinski definition) is 7. The number of piperazine rings is 1. The molecule has 1 heterocycles. The third-order valence-corrected chi connectivity index (χ3v) is 7.37. The zero-order valence-electron chi connectivity index (χ0n) is 17.1. The topological polar surface area (TPSA) is 107 Å². The Bertz CT molecular complexity index is 998. The highest BCUT2D eigenvalue weighted by Crippen LogP contribution is 2.33.